The van der Waals surface area contributed by atoms with Crippen molar-refractivity contribution in [3.8, 4) is 11.5 Å². The SMILES string of the molecule is CC[C@@]1(O)Cc2cccc(=O)c(OC)c2O1. The molecule has 1 heterocycles. The van der Waals surface area contributed by atoms with Crippen LogP contribution in [0.15, 0.2) is 23.0 Å². The average molecular weight is 222 g/mol. The standard InChI is InChI=1S/C12H14O4/c1-3-12(14)7-8-5-4-6-9(13)11(15-2)10(8)16-12/h4-6,14H,3,7H2,1-2H3/t12-/m0/s1. The molecule has 0 aliphatic carbocycles. The predicted octanol–water partition coefficient (Wildman–Crippen LogP) is 1.09. The lowest BCUT2D eigenvalue weighted by atomic mass is 10.1. The van der Waals surface area contributed by atoms with E-state index >= 15 is 0 Å². The van der Waals surface area contributed by atoms with Gasteiger partial charge in [0.15, 0.2) is 5.75 Å². The van der Waals surface area contributed by atoms with Crippen LogP contribution in [-0.4, -0.2) is 18.0 Å². The first kappa shape index (κ1) is 11.0. The van der Waals surface area contributed by atoms with E-state index in [1.54, 1.807) is 12.1 Å². The molecule has 86 valence electrons. The average Bonchev–Trinajstić information content (AvgIpc) is 2.51. The van der Waals surface area contributed by atoms with Crippen LogP contribution in [0.3, 0.4) is 0 Å². The van der Waals surface area contributed by atoms with Gasteiger partial charge >= 0.3 is 0 Å². The third-order valence-electron chi connectivity index (χ3n) is 2.78. The first-order valence-corrected chi connectivity index (χ1v) is 5.21. The van der Waals surface area contributed by atoms with Crippen molar-refractivity contribution in [2.75, 3.05) is 7.11 Å². The highest BCUT2D eigenvalue weighted by atomic mass is 16.6. The summed E-state index contributed by atoms with van der Waals surface area (Å²) in [6.45, 7) is 1.83. The Bertz CT molecular complexity index is 469. The second-order valence-electron chi connectivity index (χ2n) is 3.86. The van der Waals surface area contributed by atoms with Gasteiger partial charge < -0.3 is 14.6 Å². The minimum atomic E-state index is -1.21. The number of ether oxygens (including phenoxy) is 2. The molecule has 1 aromatic carbocycles. The summed E-state index contributed by atoms with van der Waals surface area (Å²) >= 11 is 0. The number of hydrogen-bond donors (Lipinski definition) is 1. The largest absolute Gasteiger partial charge is 0.490 e. The topological polar surface area (TPSA) is 55.8 Å². The molecule has 0 amide bonds. The van der Waals surface area contributed by atoms with E-state index in [2.05, 4.69) is 0 Å². The van der Waals surface area contributed by atoms with E-state index in [0.29, 0.717) is 18.6 Å². The van der Waals surface area contributed by atoms with Crippen LogP contribution in [0, 0.1) is 0 Å². The highest BCUT2D eigenvalue weighted by molar-refractivity contribution is 5.48. The van der Waals surface area contributed by atoms with Crippen LogP contribution >= 0.6 is 0 Å². The van der Waals surface area contributed by atoms with Crippen LogP contribution in [0.4, 0.5) is 0 Å². The fraction of sp³-hybridized carbons (Fsp3) is 0.417. The third-order valence-corrected chi connectivity index (χ3v) is 2.78. The van der Waals surface area contributed by atoms with Gasteiger partial charge in [0.1, 0.15) is 0 Å². The van der Waals surface area contributed by atoms with E-state index in [0.717, 1.165) is 5.56 Å². The van der Waals surface area contributed by atoms with Crippen molar-refractivity contribution in [3.63, 3.8) is 0 Å². The molecule has 16 heavy (non-hydrogen) atoms. The van der Waals surface area contributed by atoms with Gasteiger partial charge in [0.05, 0.1) is 7.11 Å². The molecule has 0 fully saturated rings. The van der Waals surface area contributed by atoms with E-state index < -0.39 is 5.79 Å². The summed E-state index contributed by atoms with van der Waals surface area (Å²) in [6.07, 6.45) is 0.839. The molecule has 0 saturated heterocycles. The van der Waals surface area contributed by atoms with Gasteiger partial charge in [-0.25, -0.2) is 0 Å². The maximum absolute atomic E-state index is 11.6. The normalized spacial score (nSPS) is 22.4. The predicted molar refractivity (Wildman–Crippen MR) is 58.8 cm³/mol. The van der Waals surface area contributed by atoms with Gasteiger partial charge in [-0.2, -0.15) is 0 Å². The van der Waals surface area contributed by atoms with E-state index in [9.17, 15) is 9.90 Å². The van der Waals surface area contributed by atoms with E-state index in [1.807, 2.05) is 6.92 Å². The molecule has 1 N–H and O–H groups in total. The van der Waals surface area contributed by atoms with Crippen molar-refractivity contribution in [1.29, 1.82) is 0 Å². The molecule has 0 spiro atoms. The Morgan fingerprint density at radius 1 is 1.56 bits per heavy atom. The minimum Gasteiger partial charge on any atom is -0.490 e. The number of methoxy groups -OCH3 is 1. The van der Waals surface area contributed by atoms with E-state index in [4.69, 9.17) is 9.47 Å². The number of rotatable bonds is 2. The molecule has 4 heteroatoms. The molecule has 4 nitrogen and oxygen atoms in total. The van der Waals surface area contributed by atoms with E-state index in [-0.39, 0.29) is 11.2 Å². The summed E-state index contributed by atoms with van der Waals surface area (Å²) in [5, 5.41) is 10.0. The van der Waals surface area contributed by atoms with Crippen LogP contribution in [-0.2, 0) is 6.42 Å². The quantitative estimate of drug-likeness (QED) is 0.813. The molecule has 0 bridgehead atoms. The van der Waals surface area contributed by atoms with Gasteiger partial charge in [-0.3, -0.25) is 4.79 Å². The van der Waals surface area contributed by atoms with Crippen molar-refractivity contribution in [2.45, 2.75) is 25.6 Å². The summed E-state index contributed by atoms with van der Waals surface area (Å²) in [4.78, 5) is 11.6. The monoisotopic (exact) mass is 222 g/mol. The summed E-state index contributed by atoms with van der Waals surface area (Å²) in [5.74, 6) is -0.692. The van der Waals surface area contributed by atoms with Crippen molar-refractivity contribution in [2.24, 2.45) is 0 Å². The molecule has 0 aromatic heterocycles. The smallest absolute Gasteiger partial charge is 0.224 e. The third kappa shape index (κ3) is 1.65. The van der Waals surface area contributed by atoms with Gasteiger partial charge in [-0.15, -0.1) is 0 Å². The van der Waals surface area contributed by atoms with Gasteiger partial charge in [0.25, 0.3) is 0 Å². The maximum atomic E-state index is 11.6. The van der Waals surface area contributed by atoms with Crippen LogP contribution in [0.2, 0.25) is 0 Å². The zero-order chi connectivity index (χ0) is 11.8. The van der Waals surface area contributed by atoms with Crippen molar-refractivity contribution in [1.82, 2.24) is 0 Å². The Morgan fingerprint density at radius 3 is 2.94 bits per heavy atom. The van der Waals surface area contributed by atoms with Gasteiger partial charge in [-0.1, -0.05) is 19.1 Å². The molecule has 1 aliphatic heterocycles. The summed E-state index contributed by atoms with van der Waals surface area (Å²) in [6, 6.07) is 4.84. The molecule has 0 unspecified atom stereocenters. The molecule has 1 aromatic rings. The fourth-order valence-electron chi connectivity index (χ4n) is 1.83. The lowest BCUT2D eigenvalue weighted by Crippen LogP contribution is -2.32. The number of aliphatic hydroxyl groups is 1. The second kappa shape index (κ2) is 3.79. The highest BCUT2D eigenvalue weighted by Crippen LogP contribution is 2.39. The molecule has 0 radical (unpaired) electrons. The van der Waals surface area contributed by atoms with Crippen molar-refractivity contribution in [3.05, 3.63) is 34.0 Å². The maximum Gasteiger partial charge on any atom is 0.224 e. The van der Waals surface area contributed by atoms with Gasteiger partial charge in [0.2, 0.25) is 17.0 Å². The molecule has 0 saturated carbocycles. The Labute approximate surface area is 93.4 Å². The Hall–Kier alpha value is -1.55. The first-order valence-electron chi connectivity index (χ1n) is 5.21. The molecular weight excluding hydrogens is 208 g/mol. The lowest BCUT2D eigenvalue weighted by Gasteiger charge is -2.20. The Kier molecular flexibility index (Phi) is 2.59. The Balaban J connectivity index is 2.59. The molecule has 2 rings (SSSR count). The summed E-state index contributed by atoms with van der Waals surface area (Å²) in [7, 11) is 1.42. The van der Waals surface area contributed by atoms with Crippen LogP contribution < -0.4 is 14.9 Å². The van der Waals surface area contributed by atoms with Crippen LogP contribution in [0.25, 0.3) is 0 Å². The minimum absolute atomic E-state index is 0.157. The van der Waals surface area contributed by atoms with Crippen molar-refractivity contribution >= 4 is 0 Å². The Morgan fingerprint density at radius 2 is 2.31 bits per heavy atom. The molecule has 1 atom stereocenters. The van der Waals surface area contributed by atoms with Crippen LogP contribution in [0.5, 0.6) is 11.5 Å². The van der Waals surface area contributed by atoms with Crippen molar-refractivity contribution < 1.29 is 14.6 Å². The van der Waals surface area contributed by atoms with E-state index in [1.165, 1.54) is 13.2 Å². The highest BCUT2D eigenvalue weighted by Gasteiger charge is 2.37. The fourth-order valence-corrected chi connectivity index (χ4v) is 1.83. The zero-order valence-electron chi connectivity index (χ0n) is 9.32. The van der Waals surface area contributed by atoms with Gasteiger partial charge in [0, 0.05) is 18.4 Å². The molecule has 1 aliphatic rings. The first-order chi connectivity index (χ1) is 7.59. The number of fused-ring (bicyclic) bond motifs is 1. The lowest BCUT2D eigenvalue weighted by molar-refractivity contribution is -0.123. The van der Waals surface area contributed by atoms with Crippen LogP contribution in [0.1, 0.15) is 18.9 Å². The summed E-state index contributed by atoms with van der Waals surface area (Å²) < 4.78 is 10.5. The number of hydrogen-bond acceptors (Lipinski definition) is 4. The summed E-state index contributed by atoms with van der Waals surface area (Å²) in [5.41, 5.74) is 0.549. The molecular formula is C12H14O4. The second-order valence-corrected chi connectivity index (χ2v) is 3.86. The van der Waals surface area contributed by atoms with Gasteiger partial charge in [-0.05, 0) is 6.07 Å². The zero-order valence-corrected chi connectivity index (χ0v) is 9.32.